The Bertz CT molecular complexity index is 570. The number of aliphatic carboxylic acids is 1. The van der Waals surface area contributed by atoms with E-state index in [1.165, 1.54) is 0 Å². The molecule has 1 heterocycles. The van der Waals surface area contributed by atoms with Crippen LogP contribution in [0.2, 0.25) is 0 Å². The molecule has 0 spiro atoms. The maximum absolute atomic E-state index is 12.7. The summed E-state index contributed by atoms with van der Waals surface area (Å²) >= 11 is 0. The van der Waals surface area contributed by atoms with Gasteiger partial charge in [-0.25, -0.2) is 4.79 Å². The van der Waals surface area contributed by atoms with Gasteiger partial charge >= 0.3 is 12.0 Å². The van der Waals surface area contributed by atoms with Gasteiger partial charge in [0.05, 0.1) is 0 Å². The van der Waals surface area contributed by atoms with Crippen LogP contribution in [0.15, 0.2) is 30.3 Å². The van der Waals surface area contributed by atoms with Crippen LogP contribution in [0.25, 0.3) is 0 Å². The predicted octanol–water partition coefficient (Wildman–Crippen LogP) is 1.56. The van der Waals surface area contributed by atoms with E-state index in [-0.39, 0.29) is 5.92 Å². The van der Waals surface area contributed by atoms with Gasteiger partial charge in [0, 0.05) is 0 Å². The van der Waals surface area contributed by atoms with Gasteiger partial charge in [0.25, 0.3) is 5.91 Å². The number of hydrogen-bond donors (Lipinski definition) is 2. The van der Waals surface area contributed by atoms with E-state index < -0.39 is 30.0 Å². The molecule has 3 amide bonds. The molecule has 1 aliphatic heterocycles. The lowest BCUT2D eigenvalue weighted by Gasteiger charge is -2.29. The zero-order valence-electron chi connectivity index (χ0n) is 12.0. The van der Waals surface area contributed by atoms with Crippen LogP contribution in [0, 0.1) is 5.92 Å². The van der Waals surface area contributed by atoms with Crippen molar-refractivity contribution >= 4 is 17.9 Å². The Balaban J connectivity index is 2.45. The number of imide groups is 1. The van der Waals surface area contributed by atoms with Crippen LogP contribution in [-0.4, -0.2) is 34.5 Å². The number of nitrogens with one attached hydrogen (secondary N) is 1. The van der Waals surface area contributed by atoms with Crippen LogP contribution in [0.3, 0.4) is 0 Å². The molecular formula is C15H18N2O4. The van der Waals surface area contributed by atoms with Crippen molar-refractivity contribution in [1.82, 2.24) is 10.2 Å². The zero-order chi connectivity index (χ0) is 15.6. The molecule has 1 aromatic carbocycles. The molecule has 0 saturated carbocycles. The minimum absolute atomic E-state index is 0.152. The molecule has 1 aromatic rings. The highest BCUT2D eigenvalue weighted by Crippen LogP contribution is 2.34. The van der Waals surface area contributed by atoms with Crippen LogP contribution in [0.5, 0.6) is 0 Å². The molecule has 1 fully saturated rings. The van der Waals surface area contributed by atoms with Gasteiger partial charge in [-0.15, -0.1) is 0 Å². The van der Waals surface area contributed by atoms with E-state index in [2.05, 4.69) is 5.32 Å². The van der Waals surface area contributed by atoms with E-state index in [0.717, 1.165) is 4.90 Å². The SMILES string of the molecule is CC(C)CC1(c2ccccc2)NC(=O)N(CC(=O)O)C1=O. The second-order valence-electron chi connectivity index (χ2n) is 5.58. The highest BCUT2D eigenvalue weighted by Gasteiger charge is 2.52. The molecule has 0 aromatic heterocycles. The summed E-state index contributed by atoms with van der Waals surface area (Å²) in [6.45, 7) is 3.27. The van der Waals surface area contributed by atoms with Crippen LogP contribution in [-0.2, 0) is 15.1 Å². The Morgan fingerprint density at radius 2 is 1.90 bits per heavy atom. The molecule has 1 saturated heterocycles. The molecule has 2 N–H and O–H groups in total. The summed E-state index contributed by atoms with van der Waals surface area (Å²) in [6, 6.07) is 8.28. The maximum atomic E-state index is 12.7. The molecule has 6 heteroatoms. The maximum Gasteiger partial charge on any atom is 0.325 e. The first-order valence-corrected chi connectivity index (χ1v) is 6.78. The van der Waals surface area contributed by atoms with E-state index >= 15 is 0 Å². The van der Waals surface area contributed by atoms with E-state index in [4.69, 9.17) is 5.11 Å². The van der Waals surface area contributed by atoms with Gasteiger partial charge in [0.15, 0.2) is 0 Å². The van der Waals surface area contributed by atoms with Gasteiger partial charge in [-0.1, -0.05) is 44.2 Å². The number of carboxylic acids is 1. The van der Waals surface area contributed by atoms with Gasteiger partial charge in [-0.3, -0.25) is 14.5 Å². The summed E-state index contributed by atoms with van der Waals surface area (Å²) in [5.74, 6) is -1.57. The lowest BCUT2D eigenvalue weighted by molar-refractivity contribution is -0.143. The van der Waals surface area contributed by atoms with Crippen molar-refractivity contribution in [3.63, 3.8) is 0 Å². The van der Waals surface area contributed by atoms with Crippen LogP contribution in [0.4, 0.5) is 4.79 Å². The molecule has 112 valence electrons. The van der Waals surface area contributed by atoms with Gasteiger partial charge in [0.2, 0.25) is 0 Å². The Morgan fingerprint density at radius 1 is 1.29 bits per heavy atom. The third-order valence-corrected chi connectivity index (χ3v) is 3.45. The van der Waals surface area contributed by atoms with Crippen molar-refractivity contribution < 1.29 is 19.5 Å². The first-order chi connectivity index (χ1) is 9.86. The Morgan fingerprint density at radius 3 is 2.43 bits per heavy atom. The molecule has 1 atom stereocenters. The van der Waals surface area contributed by atoms with Gasteiger partial charge < -0.3 is 10.4 Å². The van der Waals surface area contributed by atoms with Gasteiger partial charge in [-0.05, 0) is 17.9 Å². The van der Waals surface area contributed by atoms with E-state index in [0.29, 0.717) is 12.0 Å². The predicted molar refractivity (Wildman–Crippen MR) is 75.5 cm³/mol. The number of nitrogens with zero attached hydrogens (tertiary/aromatic N) is 1. The smallest absolute Gasteiger partial charge is 0.325 e. The third-order valence-electron chi connectivity index (χ3n) is 3.45. The largest absolute Gasteiger partial charge is 0.480 e. The molecule has 1 unspecified atom stereocenters. The Kier molecular flexibility index (Phi) is 3.97. The molecule has 1 aliphatic rings. The molecule has 21 heavy (non-hydrogen) atoms. The summed E-state index contributed by atoms with van der Waals surface area (Å²) < 4.78 is 0. The third kappa shape index (κ3) is 2.74. The van der Waals surface area contributed by atoms with Crippen LogP contribution in [0.1, 0.15) is 25.8 Å². The monoisotopic (exact) mass is 290 g/mol. The molecule has 6 nitrogen and oxygen atoms in total. The van der Waals surface area contributed by atoms with Crippen molar-refractivity contribution in [3.8, 4) is 0 Å². The number of urea groups is 1. The first kappa shape index (κ1) is 15.0. The number of amides is 3. The summed E-state index contributed by atoms with van der Waals surface area (Å²) in [5.41, 5.74) is -0.507. The summed E-state index contributed by atoms with van der Waals surface area (Å²) in [7, 11) is 0. The number of rotatable bonds is 5. The number of carboxylic acid groups (broad SMARTS) is 1. The second-order valence-corrected chi connectivity index (χ2v) is 5.58. The highest BCUT2D eigenvalue weighted by atomic mass is 16.4. The number of carbonyl (C=O) groups excluding carboxylic acids is 2. The zero-order valence-corrected chi connectivity index (χ0v) is 12.0. The second kappa shape index (κ2) is 5.55. The van der Waals surface area contributed by atoms with Gasteiger partial charge in [0.1, 0.15) is 12.1 Å². The van der Waals surface area contributed by atoms with Crippen LogP contribution < -0.4 is 5.32 Å². The van der Waals surface area contributed by atoms with Crippen molar-refractivity contribution in [2.75, 3.05) is 6.54 Å². The molecule has 0 radical (unpaired) electrons. The Labute approximate surface area is 122 Å². The number of carbonyl (C=O) groups is 3. The minimum atomic E-state index is -1.22. The lowest BCUT2D eigenvalue weighted by atomic mass is 9.82. The fraction of sp³-hybridized carbons (Fsp3) is 0.400. The topological polar surface area (TPSA) is 86.7 Å². The van der Waals surface area contributed by atoms with Crippen molar-refractivity contribution in [3.05, 3.63) is 35.9 Å². The van der Waals surface area contributed by atoms with Crippen LogP contribution >= 0.6 is 0 Å². The van der Waals surface area contributed by atoms with E-state index in [1.54, 1.807) is 24.3 Å². The summed E-state index contributed by atoms with van der Waals surface area (Å²) in [6.07, 6.45) is 0.414. The minimum Gasteiger partial charge on any atom is -0.480 e. The fourth-order valence-corrected chi connectivity index (χ4v) is 2.69. The average molecular weight is 290 g/mol. The molecule has 0 aliphatic carbocycles. The van der Waals surface area contributed by atoms with Crippen molar-refractivity contribution in [1.29, 1.82) is 0 Å². The number of benzene rings is 1. The normalized spacial score (nSPS) is 21.8. The highest BCUT2D eigenvalue weighted by molar-refractivity contribution is 6.09. The van der Waals surface area contributed by atoms with E-state index in [9.17, 15) is 14.4 Å². The van der Waals surface area contributed by atoms with E-state index in [1.807, 2.05) is 19.9 Å². The number of hydrogen-bond acceptors (Lipinski definition) is 3. The lowest BCUT2D eigenvalue weighted by Crippen LogP contribution is -2.45. The molecule has 0 bridgehead atoms. The Hall–Kier alpha value is -2.37. The molecular weight excluding hydrogens is 272 g/mol. The molecule has 2 rings (SSSR count). The quantitative estimate of drug-likeness (QED) is 0.806. The summed E-state index contributed by atoms with van der Waals surface area (Å²) in [4.78, 5) is 36.3. The van der Waals surface area contributed by atoms with Gasteiger partial charge in [-0.2, -0.15) is 0 Å². The summed E-state index contributed by atoms with van der Waals surface area (Å²) in [5, 5.41) is 11.6. The standard InChI is InChI=1S/C15H18N2O4/c1-10(2)8-15(11-6-4-3-5-7-11)13(20)17(9-12(18)19)14(21)16-15/h3-7,10H,8-9H2,1-2H3,(H,16,21)(H,18,19). The first-order valence-electron chi connectivity index (χ1n) is 6.78. The fourth-order valence-electron chi connectivity index (χ4n) is 2.69. The van der Waals surface area contributed by atoms with Crippen molar-refractivity contribution in [2.45, 2.75) is 25.8 Å². The average Bonchev–Trinajstić information content (AvgIpc) is 2.64. The van der Waals surface area contributed by atoms with Crippen molar-refractivity contribution in [2.24, 2.45) is 5.92 Å².